The van der Waals surface area contributed by atoms with Crippen LogP contribution >= 0.6 is 0 Å². The molecule has 116 valence electrons. The van der Waals surface area contributed by atoms with E-state index < -0.39 is 0 Å². The Balaban J connectivity index is 2.90. The van der Waals surface area contributed by atoms with Crippen LogP contribution in [0.15, 0.2) is 18.2 Å². The van der Waals surface area contributed by atoms with Gasteiger partial charge in [-0.05, 0) is 44.0 Å². The molecule has 4 nitrogen and oxygen atoms in total. The van der Waals surface area contributed by atoms with E-state index in [0.29, 0.717) is 18.0 Å². The highest BCUT2D eigenvalue weighted by Gasteiger charge is 2.14. The second-order valence-electron chi connectivity index (χ2n) is 6.00. The van der Waals surface area contributed by atoms with E-state index in [1.54, 1.807) is 0 Å². The van der Waals surface area contributed by atoms with Gasteiger partial charge in [-0.3, -0.25) is 0 Å². The quantitative estimate of drug-likeness (QED) is 0.772. The van der Waals surface area contributed by atoms with Gasteiger partial charge < -0.3 is 15.3 Å². The van der Waals surface area contributed by atoms with Crippen molar-refractivity contribution in [1.29, 1.82) is 5.26 Å². The third-order valence-corrected chi connectivity index (χ3v) is 3.34. The molecule has 0 saturated heterocycles. The van der Waals surface area contributed by atoms with E-state index >= 15 is 0 Å². The van der Waals surface area contributed by atoms with Gasteiger partial charge in [-0.25, -0.2) is 0 Å². The summed E-state index contributed by atoms with van der Waals surface area (Å²) in [6.07, 6.45) is 0. The molecule has 0 fully saturated rings. The molecular weight excluding hydrogens is 262 g/mol. The van der Waals surface area contributed by atoms with E-state index in [9.17, 15) is 10.4 Å². The minimum Gasteiger partial charge on any atom is -0.395 e. The summed E-state index contributed by atoms with van der Waals surface area (Å²) in [5.74, 6) is 0.612. The molecule has 0 spiro atoms. The first kappa shape index (κ1) is 17.5. The van der Waals surface area contributed by atoms with Crippen molar-refractivity contribution in [2.24, 2.45) is 5.92 Å². The molecule has 1 rings (SSSR count). The second-order valence-corrected chi connectivity index (χ2v) is 6.00. The van der Waals surface area contributed by atoms with Crippen molar-refractivity contribution in [2.75, 3.05) is 24.6 Å². The number of hydrogen-bond donors (Lipinski definition) is 2. The lowest BCUT2D eigenvalue weighted by atomic mass is 10.1. The van der Waals surface area contributed by atoms with E-state index in [-0.39, 0.29) is 12.6 Å². The van der Waals surface area contributed by atoms with Gasteiger partial charge in [0, 0.05) is 19.1 Å². The molecule has 21 heavy (non-hydrogen) atoms. The molecule has 0 radical (unpaired) electrons. The summed E-state index contributed by atoms with van der Waals surface area (Å²) in [7, 11) is 0. The SMILES string of the molecule is CC(C)CNCc1ccc(N(CCO)C(C)C)c(C#N)c1. The smallest absolute Gasteiger partial charge is 0.101 e. The van der Waals surface area contributed by atoms with Crippen LogP contribution in [0.5, 0.6) is 0 Å². The van der Waals surface area contributed by atoms with Gasteiger partial charge >= 0.3 is 0 Å². The maximum Gasteiger partial charge on any atom is 0.101 e. The summed E-state index contributed by atoms with van der Waals surface area (Å²) >= 11 is 0. The van der Waals surface area contributed by atoms with Crippen molar-refractivity contribution in [3.05, 3.63) is 29.3 Å². The molecule has 0 unspecified atom stereocenters. The first-order valence-corrected chi connectivity index (χ1v) is 7.60. The topological polar surface area (TPSA) is 59.3 Å². The molecule has 4 heteroatoms. The van der Waals surface area contributed by atoms with Crippen LogP contribution in [-0.4, -0.2) is 30.8 Å². The van der Waals surface area contributed by atoms with Crippen LogP contribution in [0.1, 0.15) is 38.8 Å². The lowest BCUT2D eigenvalue weighted by molar-refractivity contribution is 0.299. The van der Waals surface area contributed by atoms with Crippen molar-refractivity contribution in [3.63, 3.8) is 0 Å². The maximum atomic E-state index is 9.40. The highest BCUT2D eigenvalue weighted by Crippen LogP contribution is 2.23. The first-order chi connectivity index (χ1) is 9.99. The third-order valence-electron chi connectivity index (χ3n) is 3.34. The van der Waals surface area contributed by atoms with Crippen molar-refractivity contribution < 1.29 is 5.11 Å². The molecule has 0 aliphatic carbocycles. The van der Waals surface area contributed by atoms with Gasteiger partial charge in [0.25, 0.3) is 0 Å². The van der Waals surface area contributed by atoms with Gasteiger partial charge in [0.05, 0.1) is 17.9 Å². The van der Waals surface area contributed by atoms with Crippen LogP contribution in [0, 0.1) is 17.2 Å². The van der Waals surface area contributed by atoms with Crippen LogP contribution in [0.4, 0.5) is 5.69 Å². The maximum absolute atomic E-state index is 9.40. The molecule has 1 aromatic rings. The van der Waals surface area contributed by atoms with Crippen LogP contribution in [0.3, 0.4) is 0 Å². The predicted octanol–water partition coefficient (Wildman–Crippen LogP) is 2.51. The van der Waals surface area contributed by atoms with Gasteiger partial charge in [0.1, 0.15) is 6.07 Å². The minimum atomic E-state index is 0.0841. The van der Waals surface area contributed by atoms with E-state index in [0.717, 1.165) is 24.3 Å². The van der Waals surface area contributed by atoms with Gasteiger partial charge in [-0.15, -0.1) is 0 Å². The van der Waals surface area contributed by atoms with Crippen LogP contribution < -0.4 is 10.2 Å². The highest BCUT2D eigenvalue weighted by molar-refractivity contribution is 5.61. The Kier molecular flexibility index (Phi) is 7.21. The Hall–Kier alpha value is -1.57. The number of benzene rings is 1. The molecule has 0 atom stereocenters. The number of anilines is 1. The van der Waals surface area contributed by atoms with Gasteiger partial charge in [0.15, 0.2) is 0 Å². The number of nitrogens with one attached hydrogen (secondary N) is 1. The number of nitrogens with zero attached hydrogens (tertiary/aromatic N) is 2. The van der Waals surface area contributed by atoms with Crippen LogP contribution in [0.2, 0.25) is 0 Å². The van der Waals surface area contributed by atoms with Crippen molar-refractivity contribution >= 4 is 5.69 Å². The van der Waals surface area contributed by atoms with Crippen molar-refractivity contribution in [1.82, 2.24) is 5.32 Å². The Morgan fingerprint density at radius 2 is 2.00 bits per heavy atom. The van der Waals surface area contributed by atoms with E-state index in [1.807, 2.05) is 12.1 Å². The molecule has 0 aliphatic rings. The van der Waals surface area contributed by atoms with Crippen molar-refractivity contribution in [2.45, 2.75) is 40.3 Å². The third kappa shape index (κ3) is 5.37. The first-order valence-electron chi connectivity index (χ1n) is 7.60. The number of aliphatic hydroxyl groups is 1. The van der Waals surface area contributed by atoms with Gasteiger partial charge in [-0.1, -0.05) is 19.9 Å². The van der Waals surface area contributed by atoms with Gasteiger partial charge in [-0.2, -0.15) is 5.26 Å². The summed E-state index contributed by atoms with van der Waals surface area (Å²) in [5.41, 5.74) is 2.68. The number of rotatable bonds is 8. The predicted molar refractivity (Wildman–Crippen MR) is 87.3 cm³/mol. The minimum absolute atomic E-state index is 0.0841. The molecule has 0 aromatic heterocycles. The molecule has 0 saturated carbocycles. The monoisotopic (exact) mass is 289 g/mol. The fraction of sp³-hybridized carbons (Fsp3) is 0.588. The Labute approximate surface area is 128 Å². The summed E-state index contributed by atoms with van der Waals surface area (Å²) in [6, 6.07) is 8.50. The van der Waals surface area contributed by atoms with E-state index in [2.05, 4.69) is 50.0 Å². The highest BCUT2D eigenvalue weighted by atomic mass is 16.3. The standard InChI is InChI=1S/C17H27N3O/c1-13(2)11-19-12-15-5-6-17(16(9-15)10-18)20(7-8-21)14(3)4/h5-6,9,13-14,19,21H,7-8,11-12H2,1-4H3. The second kappa shape index (κ2) is 8.66. The molecule has 2 N–H and O–H groups in total. The average Bonchev–Trinajstić information content (AvgIpc) is 2.44. The molecule has 0 aliphatic heterocycles. The molecular formula is C17H27N3O. The zero-order valence-corrected chi connectivity index (χ0v) is 13.6. The molecule has 0 heterocycles. The normalized spacial score (nSPS) is 11.0. The number of hydrogen-bond acceptors (Lipinski definition) is 4. The molecule has 1 aromatic carbocycles. The fourth-order valence-corrected chi connectivity index (χ4v) is 2.30. The summed E-state index contributed by atoms with van der Waals surface area (Å²) in [4.78, 5) is 2.06. The Bertz CT molecular complexity index is 477. The zero-order chi connectivity index (χ0) is 15.8. The lowest BCUT2D eigenvalue weighted by Crippen LogP contribution is -2.34. The van der Waals surface area contributed by atoms with Crippen LogP contribution in [-0.2, 0) is 6.54 Å². The molecule has 0 bridgehead atoms. The van der Waals surface area contributed by atoms with Crippen LogP contribution in [0.25, 0.3) is 0 Å². The number of aliphatic hydroxyl groups excluding tert-OH is 1. The number of nitriles is 1. The Morgan fingerprint density at radius 3 is 2.52 bits per heavy atom. The van der Waals surface area contributed by atoms with Gasteiger partial charge in [0.2, 0.25) is 0 Å². The summed E-state index contributed by atoms with van der Waals surface area (Å²) < 4.78 is 0. The van der Waals surface area contributed by atoms with E-state index in [1.165, 1.54) is 0 Å². The van der Waals surface area contributed by atoms with Crippen molar-refractivity contribution in [3.8, 4) is 6.07 Å². The largest absolute Gasteiger partial charge is 0.395 e. The molecule has 0 amide bonds. The average molecular weight is 289 g/mol. The summed E-state index contributed by atoms with van der Waals surface area (Å²) in [5, 5.41) is 22.0. The van der Waals surface area contributed by atoms with E-state index in [4.69, 9.17) is 0 Å². The Morgan fingerprint density at radius 1 is 1.29 bits per heavy atom. The zero-order valence-electron chi connectivity index (χ0n) is 13.6. The lowest BCUT2D eigenvalue weighted by Gasteiger charge is -2.29. The summed E-state index contributed by atoms with van der Waals surface area (Å²) in [6.45, 7) is 10.8. The fourth-order valence-electron chi connectivity index (χ4n) is 2.30.